The maximum absolute atomic E-state index is 13.4. The van der Waals surface area contributed by atoms with Gasteiger partial charge in [-0.25, -0.2) is 0 Å². The molecule has 0 saturated carbocycles. The number of rotatable bonds is 8. The first-order chi connectivity index (χ1) is 8.57. The number of nitrogens with one attached hydrogen (secondary N) is 1. The van der Waals surface area contributed by atoms with Crippen molar-refractivity contribution in [3.8, 4) is 5.75 Å². The van der Waals surface area contributed by atoms with Crippen LogP contribution in [-0.2, 0) is 5.41 Å². The lowest BCUT2D eigenvalue weighted by Gasteiger charge is -2.29. The Kier molecular flexibility index (Phi) is 5.70. The fourth-order valence-corrected chi connectivity index (χ4v) is 2.71. The first-order valence-corrected chi connectivity index (χ1v) is 7.00. The molecular weight excluding hydrogens is 229 g/mol. The van der Waals surface area contributed by atoms with Crippen molar-refractivity contribution < 1.29 is 9.13 Å². The number of aromatic nitrogens is 1. The monoisotopic (exact) mass is 255 g/mol. The Morgan fingerprint density at radius 1 is 1.22 bits per heavy atom. The van der Waals surface area contributed by atoms with E-state index >= 15 is 0 Å². The van der Waals surface area contributed by atoms with Crippen molar-refractivity contribution in [1.29, 1.82) is 0 Å². The van der Waals surface area contributed by atoms with Crippen molar-refractivity contribution in [3.63, 3.8) is 0 Å². The van der Waals surface area contributed by atoms with Crippen LogP contribution in [0.15, 0.2) is 6.07 Å². The normalized spacial score (nSPS) is 14.5. The summed E-state index contributed by atoms with van der Waals surface area (Å²) in [6.07, 6.45) is 6.82. The third-order valence-electron chi connectivity index (χ3n) is 3.71. The van der Waals surface area contributed by atoms with E-state index in [1.54, 1.807) is 7.11 Å². The molecule has 1 unspecified atom stereocenters. The second kappa shape index (κ2) is 6.81. The van der Waals surface area contributed by atoms with Gasteiger partial charge in [-0.3, -0.25) is 0 Å². The lowest BCUT2D eigenvalue weighted by atomic mass is 9.77. The number of hydrogen-bond acceptors (Lipinski definition) is 1. The average molecular weight is 255 g/mol. The van der Waals surface area contributed by atoms with Gasteiger partial charge in [-0.05, 0) is 12.8 Å². The van der Waals surface area contributed by atoms with E-state index in [2.05, 4.69) is 25.8 Å². The molecular formula is C15H26FNO. The van der Waals surface area contributed by atoms with E-state index in [9.17, 15) is 4.39 Å². The van der Waals surface area contributed by atoms with Gasteiger partial charge in [0.1, 0.15) is 5.75 Å². The molecule has 0 saturated heterocycles. The smallest absolute Gasteiger partial charge is 0.195 e. The van der Waals surface area contributed by atoms with Gasteiger partial charge in [0, 0.05) is 11.5 Å². The molecule has 1 heterocycles. The van der Waals surface area contributed by atoms with Crippen molar-refractivity contribution in [2.75, 3.05) is 7.11 Å². The number of ether oxygens (including phenoxy) is 1. The number of H-pyrrole nitrogens is 1. The summed E-state index contributed by atoms with van der Waals surface area (Å²) >= 11 is 0. The molecule has 0 amide bonds. The highest BCUT2D eigenvalue weighted by molar-refractivity contribution is 5.34. The minimum absolute atomic E-state index is 0.0143. The van der Waals surface area contributed by atoms with Crippen LogP contribution in [0.5, 0.6) is 5.75 Å². The molecule has 1 aromatic heterocycles. The molecule has 1 aromatic rings. The molecule has 0 aliphatic rings. The minimum Gasteiger partial charge on any atom is -0.495 e. The topological polar surface area (TPSA) is 25.0 Å². The standard InChI is InChI=1S/C15H26FNO/c1-5-7-8-10-15(3,9-6-2)14-12(18-4)11-13(16)17-14/h11,17H,5-10H2,1-4H3. The van der Waals surface area contributed by atoms with E-state index in [-0.39, 0.29) is 11.4 Å². The molecule has 0 spiro atoms. The summed E-state index contributed by atoms with van der Waals surface area (Å²) in [7, 11) is 1.60. The van der Waals surface area contributed by atoms with Gasteiger partial charge in [-0.15, -0.1) is 0 Å². The Morgan fingerprint density at radius 2 is 1.94 bits per heavy atom. The first kappa shape index (κ1) is 15.1. The Hall–Kier alpha value is -0.990. The van der Waals surface area contributed by atoms with Crippen LogP contribution in [0.3, 0.4) is 0 Å². The highest BCUT2D eigenvalue weighted by atomic mass is 19.1. The average Bonchev–Trinajstić information content (AvgIpc) is 2.72. The van der Waals surface area contributed by atoms with Gasteiger partial charge < -0.3 is 9.72 Å². The summed E-state index contributed by atoms with van der Waals surface area (Å²) in [6, 6.07) is 1.45. The third-order valence-corrected chi connectivity index (χ3v) is 3.71. The Labute approximate surface area is 110 Å². The predicted octanol–water partition coefficient (Wildman–Crippen LogP) is 4.80. The summed E-state index contributed by atoms with van der Waals surface area (Å²) < 4.78 is 18.7. The number of halogens is 1. The summed E-state index contributed by atoms with van der Waals surface area (Å²) in [4.78, 5) is 2.86. The van der Waals surface area contributed by atoms with Crippen LogP contribution in [0.4, 0.5) is 4.39 Å². The molecule has 0 bridgehead atoms. The highest BCUT2D eigenvalue weighted by Gasteiger charge is 2.30. The van der Waals surface area contributed by atoms with E-state index < -0.39 is 0 Å². The van der Waals surface area contributed by atoms with Crippen molar-refractivity contribution in [3.05, 3.63) is 17.7 Å². The van der Waals surface area contributed by atoms with Crippen LogP contribution in [0, 0.1) is 5.95 Å². The van der Waals surface area contributed by atoms with Crippen LogP contribution in [0.25, 0.3) is 0 Å². The molecule has 2 nitrogen and oxygen atoms in total. The van der Waals surface area contributed by atoms with E-state index in [1.165, 1.54) is 25.3 Å². The zero-order chi connectivity index (χ0) is 13.6. The third kappa shape index (κ3) is 3.50. The number of methoxy groups -OCH3 is 1. The van der Waals surface area contributed by atoms with E-state index in [1.807, 2.05) is 0 Å². The van der Waals surface area contributed by atoms with E-state index in [4.69, 9.17) is 4.74 Å². The maximum Gasteiger partial charge on any atom is 0.195 e. The minimum atomic E-state index is -0.306. The Balaban J connectivity index is 2.93. The fraction of sp³-hybridized carbons (Fsp3) is 0.733. The lowest BCUT2D eigenvalue weighted by Crippen LogP contribution is -2.23. The molecule has 0 fully saturated rings. The predicted molar refractivity (Wildman–Crippen MR) is 73.7 cm³/mol. The molecule has 0 aromatic carbocycles. The molecule has 18 heavy (non-hydrogen) atoms. The molecule has 104 valence electrons. The maximum atomic E-state index is 13.4. The van der Waals surface area contributed by atoms with Gasteiger partial charge in [0.25, 0.3) is 0 Å². The van der Waals surface area contributed by atoms with Crippen LogP contribution in [0.2, 0.25) is 0 Å². The van der Waals surface area contributed by atoms with E-state index in [0.717, 1.165) is 25.0 Å². The van der Waals surface area contributed by atoms with Crippen LogP contribution >= 0.6 is 0 Å². The fourth-order valence-electron chi connectivity index (χ4n) is 2.71. The van der Waals surface area contributed by atoms with Gasteiger partial charge in [0.05, 0.1) is 12.8 Å². The van der Waals surface area contributed by atoms with Gasteiger partial charge >= 0.3 is 0 Å². The van der Waals surface area contributed by atoms with E-state index in [0.29, 0.717) is 5.75 Å². The highest BCUT2D eigenvalue weighted by Crippen LogP contribution is 2.39. The second-order valence-corrected chi connectivity index (χ2v) is 5.33. The Morgan fingerprint density at radius 3 is 2.50 bits per heavy atom. The van der Waals surface area contributed by atoms with Gasteiger partial charge in [0.2, 0.25) is 0 Å². The Bertz CT molecular complexity index is 361. The molecule has 3 heteroatoms. The molecule has 1 N–H and O–H groups in total. The number of hydrogen-bond donors (Lipinski definition) is 1. The molecule has 1 atom stereocenters. The largest absolute Gasteiger partial charge is 0.495 e. The van der Waals surface area contributed by atoms with Crippen LogP contribution in [0.1, 0.15) is 65.0 Å². The quantitative estimate of drug-likeness (QED) is 0.663. The van der Waals surface area contributed by atoms with Crippen molar-refractivity contribution >= 4 is 0 Å². The SMILES string of the molecule is CCCCCC(C)(CCC)c1[nH]c(F)cc1OC. The van der Waals surface area contributed by atoms with Gasteiger partial charge in [-0.2, -0.15) is 4.39 Å². The van der Waals surface area contributed by atoms with Crippen molar-refractivity contribution in [2.45, 2.75) is 64.7 Å². The van der Waals surface area contributed by atoms with Gasteiger partial charge in [0.15, 0.2) is 5.95 Å². The zero-order valence-electron chi connectivity index (χ0n) is 12.1. The molecule has 0 aliphatic heterocycles. The molecule has 1 rings (SSSR count). The summed E-state index contributed by atoms with van der Waals surface area (Å²) in [5, 5.41) is 0. The van der Waals surface area contributed by atoms with Crippen LogP contribution < -0.4 is 4.74 Å². The number of unbranched alkanes of at least 4 members (excludes halogenated alkanes) is 2. The van der Waals surface area contributed by atoms with Gasteiger partial charge in [-0.1, -0.05) is 46.5 Å². The second-order valence-electron chi connectivity index (χ2n) is 5.33. The number of aromatic amines is 1. The van der Waals surface area contributed by atoms with Crippen molar-refractivity contribution in [1.82, 2.24) is 4.98 Å². The summed E-state index contributed by atoms with van der Waals surface area (Å²) in [6.45, 7) is 6.58. The van der Waals surface area contributed by atoms with Crippen molar-refractivity contribution in [2.24, 2.45) is 0 Å². The summed E-state index contributed by atoms with van der Waals surface area (Å²) in [5.41, 5.74) is 0.903. The molecule has 0 aliphatic carbocycles. The summed E-state index contributed by atoms with van der Waals surface area (Å²) in [5.74, 6) is 0.347. The lowest BCUT2D eigenvalue weighted by molar-refractivity contribution is 0.340. The first-order valence-electron chi connectivity index (χ1n) is 7.00. The van der Waals surface area contributed by atoms with Crippen LogP contribution in [-0.4, -0.2) is 12.1 Å². The zero-order valence-corrected chi connectivity index (χ0v) is 12.1. The molecule has 0 radical (unpaired) electrons.